The van der Waals surface area contributed by atoms with Crippen molar-refractivity contribution in [2.75, 3.05) is 11.4 Å². The van der Waals surface area contributed by atoms with Crippen LogP contribution < -0.4 is 10.6 Å². The molecule has 0 amide bonds. The van der Waals surface area contributed by atoms with Crippen molar-refractivity contribution in [2.45, 2.75) is 32.2 Å². The molecule has 1 aromatic rings. The monoisotopic (exact) mass is 234 g/mol. The van der Waals surface area contributed by atoms with Gasteiger partial charge in [0, 0.05) is 23.8 Å². The predicted molar refractivity (Wildman–Crippen MR) is 67.4 cm³/mol. The highest BCUT2D eigenvalue weighted by molar-refractivity contribution is 5.97. The van der Waals surface area contributed by atoms with Gasteiger partial charge in [-0.1, -0.05) is 5.16 Å². The molecule has 17 heavy (non-hydrogen) atoms. The molecule has 2 rings (SSSR count). The summed E-state index contributed by atoms with van der Waals surface area (Å²) in [5.74, 6) is 1.00. The molecule has 1 aliphatic rings. The second kappa shape index (κ2) is 4.24. The normalized spacial score (nSPS) is 19.6. The molecule has 0 aliphatic carbocycles. The molecular weight excluding hydrogens is 216 g/mol. The number of hydrogen-bond donors (Lipinski definition) is 2. The number of nitrogens with zero attached hydrogens (tertiary/aromatic N) is 3. The number of amidine groups is 1. The lowest BCUT2D eigenvalue weighted by Crippen LogP contribution is -2.38. The third-order valence-electron chi connectivity index (χ3n) is 3.33. The Bertz CT molecular complexity index is 442. The van der Waals surface area contributed by atoms with Gasteiger partial charge in [-0.3, -0.25) is 0 Å². The van der Waals surface area contributed by atoms with Crippen LogP contribution in [0.3, 0.4) is 0 Å². The standard InChI is InChI=1S/C12H18N4O/c1-12(2)5-3-7-16(12)10-8-9(4-6-14-10)11(13)15-17/h4,6,8,17H,3,5,7H2,1-2H3,(H2,13,15). The van der Waals surface area contributed by atoms with Gasteiger partial charge in [0.1, 0.15) is 5.82 Å². The van der Waals surface area contributed by atoms with Gasteiger partial charge in [-0.25, -0.2) is 4.98 Å². The van der Waals surface area contributed by atoms with Crippen LogP contribution in [0.15, 0.2) is 23.5 Å². The van der Waals surface area contributed by atoms with Crippen molar-refractivity contribution in [3.63, 3.8) is 0 Å². The maximum absolute atomic E-state index is 8.68. The number of rotatable bonds is 2. The summed E-state index contributed by atoms with van der Waals surface area (Å²) in [6.45, 7) is 5.41. The second-order valence-electron chi connectivity index (χ2n) is 4.96. The summed E-state index contributed by atoms with van der Waals surface area (Å²) in [6.07, 6.45) is 4.02. The first-order valence-electron chi connectivity index (χ1n) is 5.76. The zero-order chi connectivity index (χ0) is 12.5. The largest absolute Gasteiger partial charge is 0.409 e. The minimum atomic E-state index is 0.116. The maximum atomic E-state index is 8.68. The molecule has 1 saturated heterocycles. The molecule has 0 atom stereocenters. The highest BCUT2D eigenvalue weighted by Crippen LogP contribution is 2.32. The van der Waals surface area contributed by atoms with E-state index >= 15 is 0 Å². The van der Waals surface area contributed by atoms with Crippen LogP contribution in [0.1, 0.15) is 32.3 Å². The van der Waals surface area contributed by atoms with E-state index in [0.29, 0.717) is 5.56 Å². The summed E-state index contributed by atoms with van der Waals surface area (Å²) >= 11 is 0. The highest BCUT2D eigenvalue weighted by atomic mass is 16.4. The lowest BCUT2D eigenvalue weighted by Gasteiger charge is -2.32. The van der Waals surface area contributed by atoms with Crippen LogP contribution in [-0.2, 0) is 0 Å². The minimum absolute atomic E-state index is 0.116. The van der Waals surface area contributed by atoms with E-state index in [1.165, 1.54) is 6.42 Å². The third kappa shape index (κ3) is 2.18. The van der Waals surface area contributed by atoms with Gasteiger partial charge in [-0.05, 0) is 38.8 Å². The lowest BCUT2D eigenvalue weighted by atomic mass is 10.0. The van der Waals surface area contributed by atoms with Crippen LogP contribution in [0.2, 0.25) is 0 Å². The fraction of sp³-hybridized carbons (Fsp3) is 0.500. The van der Waals surface area contributed by atoms with Gasteiger partial charge in [0.25, 0.3) is 0 Å². The number of nitrogens with two attached hydrogens (primary N) is 1. The van der Waals surface area contributed by atoms with E-state index < -0.39 is 0 Å². The first-order chi connectivity index (χ1) is 8.04. The number of oxime groups is 1. The van der Waals surface area contributed by atoms with Crippen molar-refractivity contribution in [1.82, 2.24) is 4.98 Å². The van der Waals surface area contributed by atoms with Gasteiger partial charge < -0.3 is 15.8 Å². The van der Waals surface area contributed by atoms with E-state index in [-0.39, 0.29) is 11.4 Å². The van der Waals surface area contributed by atoms with Crippen LogP contribution in [0, 0.1) is 0 Å². The van der Waals surface area contributed by atoms with Gasteiger partial charge in [0.15, 0.2) is 5.84 Å². The number of pyridine rings is 1. The molecule has 5 nitrogen and oxygen atoms in total. The molecule has 0 bridgehead atoms. The van der Waals surface area contributed by atoms with E-state index in [4.69, 9.17) is 10.9 Å². The molecule has 0 radical (unpaired) electrons. The molecule has 2 heterocycles. The first-order valence-corrected chi connectivity index (χ1v) is 5.76. The zero-order valence-electron chi connectivity index (χ0n) is 10.2. The lowest BCUT2D eigenvalue weighted by molar-refractivity contribution is 0.318. The van der Waals surface area contributed by atoms with Crippen molar-refractivity contribution in [1.29, 1.82) is 0 Å². The summed E-state index contributed by atoms with van der Waals surface area (Å²) in [5, 5.41) is 11.7. The van der Waals surface area contributed by atoms with Gasteiger partial charge in [-0.15, -0.1) is 0 Å². The number of aromatic nitrogens is 1. The average Bonchev–Trinajstić information content (AvgIpc) is 2.68. The number of hydrogen-bond acceptors (Lipinski definition) is 4. The van der Waals surface area contributed by atoms with Gasteiger partial charge in [-0.2, -0.15) is 0 Å². The van der Waals surface area contributed by atoms with Crippen molar-refractivity contribution >= 4 is 11.7 Å². The Morgan fingerprint density at radius 2 is 2.35 bits per heavy atom. The Kier molecular flexibility index (Phi) is 2.92. The smallest absolute Gasteiger partial charge is 0.170 e. The minimum Gasteiger partial charge on any atom is -0.409 e. The third-order valence-corrected chi connectivity index (χ3v) is 3.33. The molecule has 1 aromatic heterocycles. The Balaban J connectivity index is 2.34. The van der Waals surface area contributed by atoms with E-state index in [2.05, 4.69) is 28.9 Å². The van der Waals surface area contributed by atoms with E-state index in [0.717, 1.165) is 18.8 Å². The van der Waals surface area contributed by atoms with Crippen LogP contribution in [0.25, 0.3) is 0 Å². The van der Waals surface area contributed by atoms with E-state index in [1.807, 2.05) is 6.07 Å². The fourth-order valence-electron chi connectivity index (χ4n) is 2.32. The highest BCUT2D eigenvalue weighted by Gasteiger charge is 2.32. The predicted octanol–water partition coefficient (Wildman–Crippen LogP) is 1.55. The van der Waals surface area contributed by atoms with Crippen molar-refractivity contribution < 1.29 is 5.21 Å². The molecule has 0 aromatic carbocycles. The van der Waals surface area contributed by atoms with Gasteiger partial charge >= 0.3 is 0 Å². The Hall–Kier alpha value is -1.78. The Morgan fingerprint density at radius 3 is 2.94 bits per heavy atom. The fourth-order valence-corrected chi connectivity index (χ4v) is 2.32. The molecule has 3 N–H and O–H groups in total. The molecule has 92 valence electrons. The van der Waals surface area contributed by atoms with E-state index in [9.17, 15) is 0 Å². The summed E-state index contributed by atoms with van der Waals surface area (Å²) in [6, 6.07) is 3.60. The first kappa shape index (κ1) is 11.7. The summed E-state index contributed by atoms with van der Waals surface area (Å²) in [4.78, 5) is 6.63. The van der Waals surface area contributed by atoms with Crippen molar-refractivity contribution in [2.24, 2.45) is 10.9 Å². The summed E-state index contributed by atoms with van der Waals surface area (Å²) in [5.41, 5.74) is 6.40. The molecular formula is C12H18N4O. The SMILES string of the molecule is CC1(C)CCCN1c1cc(C(N)=NO)ccn1. The number of anilines is 1. The van der Waals surface area contributed by atoms with Gasteiger partial charge in [0.05, 0.1) is 0 Å². The second-order valence-corrected chi connectivity index (χ2v) is 4.96. The molecule has 0 unspecified atom stereocenters. The van der Waals surface area contributed by atoms with Crippen LogP contribution in [0.4, 0.5) is 5.82 Å². The Labute approximate surface area is 101 Å². The molecule has 5 heteroatoms. The molecule has 0 spiro atoms. The maximum Gasteiger partial charge on any atom is 0.170 e. The summed E-state index contributed by atoms with van der Waals surface area (Å²) in [7, 11) is 0. The van der Waals surface area contributed by atoms with Crippen molar-refractivity contribution in [3.05, 3.63) is 23.9 Å². The van der Waals surface area contributed by atoms with Crippen LogP contribution >= 0.6 is 0 Å². The van der Waals surface area contributed by atoms with Gasteiger partial charge in [0.2, 0.25) is 0 Å². The molecule has 1 aliphatic heterocycles. The quantitative estimate of drug-likeness (QED) is 0.352. The Morgan fingerprint density at radius 1 is 1.59 bits per heavy atom. The molecule has 0 saturated carbocycles. The zero-order valence-corrected chi connectivity index (χ0v) is 10.2. The van der Waals surface area contributed by atoms with E-state index in [1.54, 1.807) is 12.3 Å². The average molecular weight is 234 g/mol. The van der Waals surface area contributed by atoms with Crippen molar-refractivity contribution in [3.8, 4) is 0 Å². The van der Waals surface area contributed by atoms with Crippen LogP contribution in [-0.4, -0.2) is 28.1 Å². The summed E-state index contributed by atoms with van der Waals surface area (Å²) < 4.78 is 0. The topological polar surface area (TPSA) is 74.7 Å². The molecule has 1 fully saturated rings. The van der Waals surface area contributed by atoms with Crippen LogP contribution in [0.5, 0.6) is 0 Å².